The number of anilines is 1. The van der Waals surface area contributed by atoms with Crippen molar-refractivity contribution in [2.75, 3.05) is 25.5 Å². The smallest absolute Gasteiger partial charge is 0.243 e. The quantitative estimate of drug-likeness (QED) is 0.674. The van der Waals surface area contributed by atoms with Crippen LogP contribution in [0.15, 0.2) is 42.5 Å². The molecule has 0 aromatic heterocycles. The van der Waals surface area contributed by atoms with Crippen LogP contribution in [-0.2, 0) is 9.59 Å². The predicted molar refractivity (Wildman–Crippen MR) is 119 cm³/mol. The molecule has 2 aromatic rings. The highest BCUT2D eigenvalue weighted by Gasteiger charge is 2.19. The normalized spacial score (nSPS) is 12.0. The first kappa shape index (κ1) is 22.9. The molecule has 0 aliphatic carbocycles. The fourth-order valence-electron chi connectivity index (χ4n) is 3.23. The Morgan fingerprint density at radius 3 is 2.17 bits per heavy atom. The van der Waals surface area contributed by atoms with Crippen LogP contribution in [0.4, 0.5) is 5.69 Å². The van der Waals surface area contributed by atoms with Gasteiger partial charge in [-0.25, -0.2) is 0 Å². The first-order chi connectivity index (χ1) is 13.7. The lowest BCUT2D eigenvalue weighted by atomic mass is 9.96. The van der Waals surface area contributed by atoms with Gasteiger partial charge >= 0.3 is 0 Å². The molecule has 2 aromatic carbocycles. The zero-order valence-electron chi connectivity index (χ0n) is 17.8. The van der Waals surface area contributed by atoms with Gasteiger partial charge in [0.25, 0.3) is 0 Å². The van der Waals surface area contributed by atoms with E-state index < -0.39 is 0 Å². The maximum atomic E-state index is 12.5. The number of carbonyl (C=O) groups is 2. The van der Waals surface area contributed by atoms with Crippen LogP contribution in [0.25, 0.3) is 0 Å². The van der Waals surface area contributed by atoms with E-state index in [1.165, 1.54) is 4.90 Å². The number of amides is 2. The minimum atomic E-state index is -0.212. The highest BCUT2D eigenvalue weighted by molar-refractivity contribution is 6.30. The fourth-order valence-corrected chi connectivity index (χ4v) is 3.36. The summed E-state index contributed by atoms with van der Waals surface area (Å²) in [6, 6.07) is 13.5. The van der Waals surface area contributed by atoms with Crippen molar-refractivity contribution in [2.45, 2.75) is 33.7 Å². The summed E-state index contributed by atoms with van der Waals surface area (Å²) < 4.78 is 0. The number of para-hydroxylation sites is 1. The molecule has 29 heavy (non-hydrogen) atoms. The third-order valence-electron chi connectivity index (χ3n) is 4.92. The molecule has 1 unspecified atom stereocenters. The van der Waals surface area contributed by atoms with E-state index in [2.05, 4.69) is 24.5 Å². The maximum absolute atomic E-state index is 12.5. The average Bonchev–Trinajstić information content (AvgIpc) is 2.66. The van der Waals surface area contributed by atoms with Crippen LogP contribution < -0.4 is 10.6 Å². The summed E-state index contributed by atoms with van der Waals surface area (Å²) in [4.78, 5) is 26.4. The molecule has 156 valence electrons. The van der Waals surface area contributed by atoms with Crippen molar-refractivity contribution in [3.05, 3.63) is 64.2 Å². The van der Waals surface area contributed by atoms with Crippen LogP contribution in [0, 0.1) is 19.8 Å². The van der Waals surface area contributed by atoms with Crippen LogP contribution in [0.3, 0.4) is 0 Å². The van der Waals surface area contributed by atoms with E-state index >= 15 is 0 Å². The molecular formula is C23H30ClN3O2. The van der Waals surface area contributed by atoms with Gasteiger partial charge in [0.15, 0.2) is 0 Å². The van der Waals surface area contributed by atoms with Gasteiger partial charge in [0.05, 0.1) is 13.1 Å². The number of aryl methyl sites for hydroxylation is 2. The van der Waals surface area contributed by atoms with Gasteiger partial charge < -0.3 is 15.5 Å². The highest BCUT2D eigenvalue weighted by atomic mass is 35.5. The number of hydrogen-bond donors (Lipinski definition) is 2. The van der Waals surface area contributed by atoms with Gasteiger partial charge in [-0.3, -0.25) is 9.59 Å². The molecule has 2 N–H and O–H groups in total. The van der Waals surface area contributed by atoms with Gasteiger partial charge in [-0.2, -0.15) is 0 Å². The van der Waals surface area contributed by atoms with Gasteiger partial charge in [0, 0.05) is 23.8 Å². The van der Waals surface area contributed by atoms with Crippen LogP contribution in [0.5, 0.6) is 0 Å². The van der Waals surface area contributed by atoms with E-state index in [-0.39, 0.29) is 30.9 Å². The second kappa shape index (κ2) is 10.4. The van der Waals surface area contributed by atoms with E-state index in [1.807, 2.05) is 56.3 Å². The van der Waals surface area contributed by atoms with Gasteiger partial charge in [-0.1, -0.05) is 55.8 Å². The summed E-state index contributed by atoms with van der Waals surface area (Å²) >= 11 is 5.97. The minimum absolute atomic E-state index is 0.00157. The summed E-state index contributed by atoms with van der Waals surface area (Å²) in [6.45, 7) is 8.24. The van der Waals surface area contributed by atoms with Crippen molar-refractivity contribution in [1.29, 1.82) is 0 Å². The Hall–Kier alpha value is -2.37. The molecule has 2 rings (SSSR count). The molecule has 6 heteroatoms. The first-order valence-corrected chi connectivity index (χ1v) is 10.2. The van der Waals surface area contributed by atoms with Crippen molar-refractivity contribution in [2.24, 2.45) is 5.92 Å². The minimum Gasteiger partial charge on any atom is -0.335 e. The number of carbonyl (C=O) groups excluding carboxylic acids is 2. The van der Waals surface area contributed by atoms with Crippen molar-refractivity contribution < 1.29 is 9.59 Å². The Kier molecular flexibility index (Phi) is 8.23. The van der Waals surface area contributed by atoms with Crippen molar-refractivity contribution >= 4 is 29.1 Å². The second-order valence-corrected chi connectivity index (χ2v) is 8.16. The summed E-state index contributed by atoms with van der Waals surface area (Å²) in [7, 11) is 1.64. The second-order valence-electron chi connectivity index (χ2n) is 7.72. The van der Waals surface area contributed by atoms with E-state index in [0.717, 1.165) is 22.4 Å². The number of nitrogens with zero attached hydrogens (tertiary/aromatic N) is 1. The molecule has 0 heterocycles. The lowest BCUT2D eigenvalue weighted by Gasteiger charge is -2.24. The van der Waals surface area contributed by atoms with Gasteiger partial charge in [0.1, 0.15) is 0 Å². The molecule has 0 fully saturated rings. The topological polar surface area (TPSA) is 61.4 Å². The van der Waals surface area contributed by atoms with Gasteiger partial charge in [-0.15, -0.1) is 0 Å². The molecule has 0 aliphatic heterocycles. The van der Waals surface area contributed by atoms with E-state index in [9.17, 15) is 9.59 Å². The van der Waals surface area contributed by atoms with Crippen molar-refractivity contribution in [1.82, 2.24) is 10.2 Å². The number of hydrogen-bond acceptors (Lipinski definition) is 3. The van der Waals surface area contributed by atoms with Crippen molar-refractivity contribution in [3.63, 3.8) is 0 Å². The number of likely N-dealkylation sites (N-methyl/N-ethyl adjacent to an activating group) is 1. The summed E-state index contributed by atoms with van der Waals surface area (Å²) in [5.41, 5.74) is 3.88. The maximum Gasteiger partial charge on any atom is 0.243 e. The van der Waals surface area contributed by atoms with Crippen molar-refractivity contribution in [3.8, 4) is 0 Å². The van der Waals surface area contributed by atoms with E-state index in [1.54, 1.807) is 7.05 Å². The molecule has 0 radical (unpaired) electrons. The lowest BCUT2D eigenvalue weighted by Crippen LogP contribution is -2.41. The molecule has 2 amide bonds. The zero-order chi connectivity index (χ0) is 21.6. The Bertz CT molecular complexity index is 829. The number of halogens is 1. The largest absolute Gasteiger partial charge is 0.335 e. The molecule has 5 nitrogen and oxygen atoms in total. The Morgan fingerprint density at radius 2 is 1.62 bits per heavy atom. The fraction of sp³-hybridized carbons (Fsp3) is 0.391. The predicted octanol–water partition coefficient (Wildman–Crippen LogP) is 4.34. The number of rotatable bonds is 8. The number of benzene rings is 2. The Labute approximate surface area is 178 Å². The monoisotopic (exact) mass is 415 g/mol. The standard InChI is InChI=1S/C23H30ClN3O2/c1-15(2)22(18-9-11-19(24)12-10-18)25-13-21(29)27(5)14-20(28)26-23-16(3)7-6-8-17(23)4/h6-12,15,22,25H,13-14H2,1-5H3,(H,26,28). The van der Waals surface area contributed by atoms with Crippen LogP contribution in [0.2, 0.25) is 5.02 Å². The molecule has 0 saturated heterocycles. The third kappa shape index (κ3) is 6.58. The van der Waals surface area contributed by atoms with Crippen LogP contribution >= 0.6 is 11.6 Å². The highest BCUT2D eigenvalue weighted by Crippen LogP contribution is 2.23. The van der Waals surface area contributed by atoms with Crippen LogP contribution in [0.1, 0.15) is 36.6 Å². The zero-order valence-corrected chi connectivity index (χ0v) is 18.5. The average molecular weight is 416 g/mol. The SMILES string of the molecule is Cc1cccc(C)c1NC(=O)CN(C)C(=O)CNC(c1ccc(Cl)cc1)C(C)C. The molecule has 0 aliphatic rings. The molecule has 0 bridgehead atoms. The molecule has 0 spiro atoms. The van der Waals surface area contributed by atoms with Crippen LogP contribution in [-0.4, -0.2) is 36.9 Å². The molecule has 0 saturated carbocycles. The van der Waals surface area contributed by atoms with E-state index in [4.69, 9.17) is 11.6 Å². The lowest BCUT2D eigenvalue weighted by molar-refractivity contribution is -0.132. The Morgan fingerprint density at radius 1 is 1.03 bits per heavy atom. The number of nitrogens with one attached hydrogen (secondary N) is 2. The first-order valence-electron chi connectivity index (χ1n) is 9.78. The van der Waals surface area contributed by atoms with Gasteiger partial charge in [-0.05, 0) is 48.6 Å². The molecular weight excluding hydrogens is 386 g/mol. The summed E-state index contributed by atoms with van der Waals surface area (Å²) in [6.07, 6.45) is 0. The third-order valence-corrected chi connectivity index (χ3v) is 5.17. The summed E-state index contributed by atoms with van der Waals surface area (Å²) in [5.74, 6) is -0.0563. The Balaban J connectivity index is 1.92. The van der Waals surface area contributed by atoms with E-state index in [0.29, 0.717) is 10.9 Å². The summed E-state index contributed by atoms with van der Waals surface area (Å²) in [5, 5.41) is 6.91. The molecule has 1 atom stereocenters. The van der Waals surface area contributed by atoms with Gasteiger partial charge in [0.2, 0.25) is 11.8 Å².